The van der Waals surface area contributed by atoms with Crippen molar-refractivity contribution < 1.29 is 9.59 Å². The molecule has 25 heavy (non-hydrogen) atoms. The summed E-state index contributed by atoms with van der Waals surface area (Å²) >= 11 is 6.21. The minimum absolute atomic E-state index is 0.170. The maximum Gasteiger partial charge on any atom is 0.196 e. The molecule has 122 valence electrons. The van der Waals surface area contributed by atoms with Crippen molar-refractivity contribution in [3.05, 3.63) is 93.5 Å². The van der Waals surface area contributed by atoms with Gasteiger partial charge in [0.15, 0.2) is 11.6 Å². The van der Waals surface area contributed by atoms with Crippen molar-refractivity contribution >= 4 is 34.5 Å². The third-order valence-corrected chi connectivity index (χ3v) is 4.54. The van der Waals surface area contributed by atoms with Crippen LogP contribution in [0.1, 0.15) is 37.4 Å². The van der Waals surface area contributed by atoms with Crippen LogP contribution in [-0.2, 0) is 0 Å². The molecule has 0 spiro atoms. The maximum absolute atomic E-state index is 13.0. The molecule has 0 amide bonds. The third-order valence-electron chi connectivity index (χ3n) is 4.32. The van der Waals surface area contributed by atoms with Crippen molar-refractivity contribution in [3.63, 3.8) is 0 Å². The second-order valence-electron chi connectivity index (χ2n) is 6.07. The summed E-state index contributed by atoms with van der Waals surface area (Å²) in [5.74, 6) is -0.351. The highest BCUT2D eigenvalue weighted by atomic mass is 35.5. The highest BCUT2D eigenvalue weighted by molar-refractivity contribution is 6.35. The Labute approximate surface area is 150 Å². The van der Waals surface area contributed by atoms with Crippen LogP contribution in [0.5, 0.6) is 0 Å². The van der Waals surface area contributed by atoms with Crippen molar-refractivity contribution in [1.29, 1.82) is 0 Å². The van der Waals surface area contributed by atoms with Crippen molar-refractivity contribution in [2.45, 2.75) is 6.92 Å². The molecule has 0 heterocycles. The summed E-state index contributed by atoms with van der Waals surface area (Å²) < 4.78 is 0. The lowest BCUT2D eigenvalue weighted by Crippen LogP contribution is -2.22. The van der Waals surface area contributed by atoms with Gasteiger partial charge < -0.3 is 5.32 Å². The van der Waals surface area contributed by atoms with E-state index in [0.29, 0.717) is 33.0 Å². The summed E-state index contributed by atoms with van der Waals surface area (Å²) in [4.78, 5) is 25.8. The Morgan fingerprint density at radius 1 is 0.800 bits per heavy atom. The molecule has 0 aliphatic heterocycles. The van der Waals surface area contributed by atoms with Crippen LogP contribution in [0.25, 0.3) is 0 Å². The summed E-state index contributed by atoms with van der Waals surface area (Å²) in [7, 11) is 0. The van der Waals surface area contributed by atoms with Crippen molar-refractivity contribution in [3.8, 4) is 0 Å². The molecule has 0 bridgehead atoms. The van der Waals surface area contributed by atoms with Crippen LogP contribution in [0.4, 0.5) is 11.4 Å². The normalized spacial score (nSPS) is 12.6. The van der Waals surface area contributed by atoms with E-state index in [-0.39, 0.29) is 11.6 Å². The van der Waals surface area contributed by atoms with E-state index in [1.54, 1.807) is 36.4 Å². The molecule has 0 aromatic heterocycles. The molecule has 0 unspecified atom stereocenters. The van der Waals surface area contributed by atoms with Crippen LogP contribution < -0.4 is 5.32 Å². The Morgan fingerprint density at radius 3 is 2.12 bits per heavy atom. The van der Waals surface area contributed by atoms with E-state index in [4.69, 9.17) is 11.6 Å². The minimum Gasteiger partial charge on any atom is -0.355 e. The quantitative estimate of drug-likeness (QED) is 0.544. The molecule has 0 atom stereocenters. The number of carbonyl (C=O) groups excluding carboxylic acids is 2. The average molecular weight is 348 g/mol. The number of fused-ring (bicyclic) bond motifs is 2. The average Bonchev–Trinajstić information content (AvgIpc) is 2.61. The standard InChI is InChI=1S/C21H14ClNO2/c1-12-6-8-14(9-7-12)23-18-11-13(22)10-17-19(18)21(25)16-5-3-2-4-15(16)20(17)24/h2-11,23H,1H3. The first kappa shape index (κ1) is 15.6. The molecule has 4 heteroatoms. The van der Waals surface area contributed by atoms with Crippen LogP contribution in [0.2, 0.25) is 5.02 Å². The Kier molecular flexibility index (Phi) is 3.66. The molecule has 0 fully saturated rings. The number of carbonyl (C=O) groups is 2. The van der Waals surface area contributed by atoms with Gasteiger partial charge in [0.1, 0.15) is 0 Å². The molecule has 4 rings (SSSR count). The first-order valence-electron chi connectivity index (χ1n) is 7.90. The predicted molar refractivity (Wildman–Crippen MR) is 99.2 cm³/mol. The van der Waals surface area contributed by atoms with Crippen LogP contribution >= 0.6 is 11.6 Å². The predicted octanol–water partition coefficient (Wildman–Crippen LogP) is 5.17. The number of aryl methyl sites for hydroxylation is 1. The molecule has 0 saturated heterocycles. The van der Waals surface area contributed by atoms with Crippen molar-refractivity contribution in [2.75, 3.05) is 5.32 Å². The Morgan fingerprint density at radius 2 is 1.44 bits per heavy atom. The number of hydrogen-bond donors (Lipinski definition) is 1. The fraction of sp³-hybridized carbons (Fsp3) is 0.0476. The number of anilines is 2. The number of halogens is 1. The molecule has 1 N–H and O–H groups in total. The van der Waals surface area contributed by atoms with Gasteiger partial charge in [-0.15, -0.1) is 0 Å². The van der Waals surface area contributed by atoms with Gasteiger partial charge in [0.25, 0.3) is 0 Å². The number of ketones is 2. The van der Waals surface area contributed by atoms with Gasteiger partial charge in [0.2, 0.25) is 0 Å². The van der Waals surface area contributed by atoms with Crippen molar-refractivity contribution in [1.82, 2.24) is 0 Å². The molecular formula is C21H14ClNO2. The smallest absolute Gasteiger partial charge is 0.196 e. The number of benzene rings is 3. The fourth-order valence-electron chi connectivity index (χ4n) is 3.08. The maximum atomic E-state index is 13.0. The van der Waals surface area contributed by atoms with Crippen LogP contribution in [-0.4, -0.2) is 11.6 Å². The van der Waals surface area contributed by atoms with E-state index in [0.717, 1.165) is 11.3 Å². The zero-order valence-corrected chi connectivity index (χ0v) is 14.2. The number of nitrogens with one attached hydrogen (secondary N) is 1. The van der Waals surface area contributed by atoms with Crippen LogP contribution in [0.15, 0.2) is 60.7 Å². The Hall–Kier alpha value is -2.91. The summed E-state index contributed by atoms with van der Waals surface area (Å²) in [6.45, 7) is 2.00. The highest BCUT2D eigenvalue weighted by Crippen LogP contribution is 2.35. The van der Waals surface area contributed by atoms with Gasteiger partial charge in [-0.1, -0.05) is 53.6 Å². The molecule has 0 saturated carbocycles. The summed E-state index contributed by atoms with van der Waals surface area (Å²) in [5, 5.41) is 3.64. The molecule has 3 nitrogen and oxygen atoms in total. The molecular weight excluding hydrogens is 334 g/mol. The lowest BCUT2D eigenvalue weighted by atomic mass is 9.83. The monoisotopic (exact) mass is 347 g/mol. The second-order valence-corrected chi connectivity index (χ2v) is 6.51. The third kappa shape index (κ3) is 2.63. The van der Waals surface area contributed by atoms with E-state index in [1.807, 2.05) is 31.2 Å². The topological polar surface area (TPSA) is 46.2 Å². The molecule has 3 aromatic rings. The van der Waals surface area contributed by atoms with Gasteiger partial charge >= 0.3 is 0 Å². The molecule has 0 radical (unpaired) electrons. The van der Waals surface area contributed by atoms with Gasteiger partial charge in [-0.2, -0.15) is 0 Å². The molecule has 1 aliphatic rings. The zero-order chi connectivity index (χ0) is 17.6. The first-order chi connectivity index (χ1) is 12.0. The van der Waals surface area contributed by atoms with E-state index in [2.05, 4.69) is 5.32 Å². The van der Waals surface area contributed by atoms with E-state index in [1.165, 1.54) is 0 Å². The summed E-state index contributed by atoms with van der Waals surface area (Å²) in [6.07, 6.45) is 0. The zero-order valence-electron chi connectivity index (χ0n) is 13.5. The van der Waals surface area contributed by atoms with E-state index < -0.39 is 0 Å². The largest absolute Gasteiger partial charge is 0.355 e. The highest BCUT2D eigenvalue weighted by Gasteiger charge is 2.32. The van der Waals surface area contributed by atoms with Gasteiger partial charge in [-0.3, -0.25) is 9.59 Å². The summed E-state index contributed by atoms with van der Waals surface area (Å²) in [6, 6.07) is 17.9. The Bertz CT molecular complexity index is 1020. The molecule has 3 aromatic carbocycles. The van der Waals surface area contributed by atoms with Gasteiger partial charge in [-0.25, -0.2) is 0 Å². The second kappa shape index (κ2) is 5.87. The van der Waals surface area contributed by atoms with Crippen molar-refractivity contribution in [2.24, 2.45) is 0 Å². The van der Waals surface area contributed by atoms with Gasteiger partial charge in [-0.05, 0) is 31.2 Å². The first-order valence-corrected chi connectivity index (χ1v) is 8.28. The SMILES string of the molecule is Cc1ccc(Nc2cc(Cl)cc3c2C(=O)c2ccccc2C3=O)cc1. The Balaban J connectivity index is 1.88. The summed E-state index contributed by atoms with van der Waals surface area (Å²) in [5.41, 5.74) is 4.06. The number of rotatable bonds is 2. The van der Waals surface area contributed by atoms with Gasteiger partial charge in [0, 0.05) is 27.4 Å². The van der Waals surface area contributed by atoms with Crippen LogP contribution in [0, 0.1) is 6.92 Å². The lowest BCUT2D eigenvalue weighted by molar-refractivity contribution is 0.0979. The van der Waals surface area contributed by atoms with E-state index >= 15 is 0 Å². The molecule has 1 aliphatic carbocycles. The number of hydrogen-bond acceptors (Lipinski definition) is 3. The van der Waals surface area contributed by atoms with Crippen LogP contribution in [0.3, 0.4) is 0 Å². The lowest BCUT2D eigenvalue weighted by Gasteiger charge is -2.21. The fourth-order valence-corrected chi connectivity index (χ4v) is 3.30. The van der Waals surface area contributed by atoms with E-state index in [9.17, 15) is 9.59 Å². The minimum atomic E-state index is -0.181. The van der Waals surface area contributed by atoms with Gasteiger partial charge in [0.05, 0.1) is 11.3 Å².